The molecule has 0 atom stereocenters. The van der Waals surface area contributed by atoms with Crippen molar-refractivity contribution in [3.8, 4) is 0 Å². The van der Waals surface area contributed by atoms with Gasteiger partial charge in [-0.05, 0) is 49.5 Å². The van der Waals surface area contributed by atoms with Crippen LogP contribution in [0, 0.1) is 0 Å². The Morgan fingerprint density at radius 3 is 2.43 bits per heavy atom. The van der Waals surface area contributed by atoms with Crippen molar-refractivity contribution in [1.82, 2.24) is 25.5 Å². The van der Waals surface area contributed by atoms with Crippen molar-refractivity contribution in [3.05, 3.63) is 47.7 Å². The summed E-state index contributed by atoms with van der Waals surface area (Å²) in [4.78, 5) is 11.3. The molecule has 8 nitrogen and oxygen atoms in total. The molecule has 1 saturated carbocycles. The Labute approximate surface area is 210 Å². The topological polar surface area (TPSA) is 86.4 Å². The Morgan fingerprint density at radius 2 is 1.63 bits per heavy atom. The van der Waals surface area contributed by atoms with Crippen LogP contribution < -0.4 is 21.3 Å². The van der Waals surface area contributed by atoms with Crippen molar-refractivity contribution in [2.75, 3.05) is 63.1 Å². The average molecular weight is 482 g/mol. The largest absolute Gasteiger partial charge is 0.379 e. The summed E-state index contributed by atoms with van der Waals surface area (Å²) in [6, 6.07) is 11.5. The van der Waals surface area contributed by atoms with Gasteiger partial charge in [-0.2, -0.15) is 4.98 Å². The van der Waals surface area contributed by atoms with Crippen molar-refractivity contribution in [1.29, 1.82) is 0 Å². The molecule has 0 radical (unpaired) electrons. The van der Waals surface area contributed by atoms with E-state index in [0.717, 1.165) is 77.4 Å². The zero-order valence-electron chi connectivity index (χ0n) is 21.1. The van der Waals surface area contributed by atoms with Crippen LogP contribution in [0.2, 0.25) is 0 Å². The summed E-state index contributed by atoms with van der Waals surface area (Å²) in [6.07, 6.45) is 9.92. The lowest BCUT2D eigenvalue weighted by Crippen LogP contribution is -2.39. The fourth-order valence-electron chi connectivity index (χ4n) is 4.72. The smallest absolute Gasteiger partial charge is 0.224 e. The average Bonchev–Trinajstić information content (AvgIpc) is 2.92. The van der Waals surface area contributed by atoms with Gasteiger partial charge in [0.1, 0.15) is 5.82 Å². The second-order valence-electron chi connectivity index (χ2n) is 9.64. The molecule has 1 saturated heterocycles. The first-order valence-electron chi connectivity index (χ1n) is 13.5. The van der Waals surface area contributed by atoms with Crippen LogP contribution in [0.15, 0.2) is 36.5 Å². The molecular formula is C27H43N7O. The van der Waals surface area contributed by atoms with E-state index in [1.807, 2.05) is 6.07 Å². The summed E-state index contributed by atoms with van der Waals surface area (Å²) in [5, 5.41) is 14.0. The van der Waals surface area contributed by atoms with Crippen LogP contribution in [-0.2, 0) is 17.8 Å². The maximum absolute atomic E-state index is 5.40. The first kappa shape index (κ1) is 25.8. The number of nitrogens with zero attached hydrogens (tertiary/aromatic N) is 3. The molecule has 1 aromatic carbocycles. The standard InChI is InChI=1S/C27H43N7O/c1-2-5-25(6-3-1)29-13-4-12-28-21-23-7-9-24(10-8-23)22-32-26-11-14-30-27(33-26)31-15-16-34-17-19-35-20-18-34/h7-11,14,25,28-29H,1-6,12-13,15-22H2,(H2,30,31,32,33). The third-order valence-electron chi connectivity index (χ3n) is 6.86. The molecule has 2 fully saturated rings. The molecule has 0 bridgehead atoms. The number of aromatic nitrogens is 2. The van der Waals surface area contributed by atoms with Crippen molar-refractivity contribution >= 4 is 11.8 Å². The zero-order valence-corrected chi connectivity index (χ0v) is 21.1. The summed E-state index contributed by atoms with van der Waals surface area (Å²) >= 11 is 0. The number of anilines is 2. The highest BCUT2D eigenvalue weighted by atomic mass is 16.5. The lowest BCUT2D eigenvalue weighted by atomic mass is 9.95. The highest BCUT2D eigenvalue weighted by Gasteiger charge is 2.12. The monoisotopic (exact) mass is 481 g/mol. The highest BCUT2D eigenvalue weighted by molar-refractivity contribution is 5.40. The Hall–Kier alpha value is -2.26. The molecule has 0 unspecified atom stereocenters. The fourth-order valence-corrected chi connectivity index (χ4v) is 4.72. The van der Waals surface area contributed by atoms with E-state index in [0.29, 0.717) is 5.95 Å². The number of rotatable bonds is 14. The highest BCUT2D eigenvalue weighted by Crippen LogP contribution is 2.17. The number of morpholine rings is 1. The van der Waals surface area contributed by atoms with Gasteiger partial charge in [-0.1, -0.05) is 43.5 Å². The van der Waals surface area contributed by atoms with Crippen LogP contribution in [0.5, 0.6) is 0 Å². The summed E-state index contributed by atoms with van der Waals surface area (Å²) in [5.74, 6) is 1.50. The van der Waals surface area contributed by atoms with Gasteiger partial charge < -0.3 is 26.0 Å². The summed E-state index contributed by atoms with van der Waals surface area (Å²) in [6.45, 7) is 9.28. The zero-order chi connectivity index (χ0) is 24.0. The number of nitrogens with one attached hydrogen (secondary N) is 4. The minimum absolute atomic E-state index is 0.665. The first-order chi connectivity index (χ1) is 17.3. The van der Waals surface area contributed by atoms with E-state index in [-0.39, 0.29) is 0 Å². The van der Waals surface area contributed by atoms with Crippen LogP contribution in [-0.4, -0.2) is 73.4 Å². The van der Waals surface area contributed by atoms with Gasteiger partial charge in [0.15, 0.2) is 0 Å². The van der Waals surface area contributed by atoms with Gasteiger partial charge in [0.25, 0.3) is 0 Å². The van der Waals surface area contributed by atoms with Gasteiger partial charge in [0.2, 0.25) is 5.95 Å². The number of benzene rings is 1. The van der Waals surface area contributed by atoms with Gasteiger partial charge >= 0.3 is 0 Å². The van der Waals surface area contributed by atoms with Gasteiger partial charge in [-0.15, -0.1) is 0 Å². The fraction of sp³-hybridized carbons (Fsp3) is 0.630. The normalized spacial score (nSPS) is 17.4. The number of hydrogen-bond donors (Lipinski definition) is 4. The minimum Gasteiger partial charge on any atom is -0.379 e. The molecule has 1 aliphatic carbocycles. The van der Waals surface area contributed by atoms with E-state index < -0.39 is 0 Å². The van der Waals surface area contributed by atoms with E-state index in [2.05, 4.69) is 60.4 Å². The Kier molecular flexibility index (Phi) is 11.1. The third kappa shape index (κ3) is 9.72. The van der Waals surface area contributed by atoms with E-state index >= 15 is 0 Å². The van der Waals surface area contributed by atoms with E-state index in [1.165, 1.54) is 49.7 Å². The van der Waals surface area contributed by atoms with E-state index in [9.17, 15) is 0 Å². The van der Waals surface area contributed by atoms with Crippen molar-refractivity contribution in [2.45, 2.75) is 57.7 Å². The molecule has 2 aliphatic rings. The predicted octanol–water partition coefficient (Wildman–Crippen LogP) is 3.23. The number of ether oxygens (including phenoxy) is 1. The Bertz CT molecular complexity index is 836. The number of hydrogen-bond acceptors (Lipinski definition) is 8. The van der Waals surface area contributed by atoms with Gasteiger partial charge in [0.05, 0.1) is 13.2 Å². The van der Waals surface area contributed by atoms with Gasteiger partial charge in [-0.3, -0.25) is 4.90 Å². The van der Waals surface area contributed by atoms with Crippen molar-refractivity contribution in [3.63, 3.8) is 0 Å². The van der Waals surface area contributed by atoms with E-state index in [4.69, 9.17) is 4.74 Å². The van der Waals surface area contributed by atoms with Crippen LogP contribution in [0.3, 0.4) is 0 Å². The van der Waals surface area contributed by atoms with Crippen molar-refractivity contribution < 1.29 is 4.74 Å². The second-order valence-corrected chi connectivity index (χ2v) is 9.64. The maximum atomic E-state index is 5.40. The maximum Gasteiger partial charge on any atom is 0.224 e. The molecule has 192 valence electrons. The molecule has 1 aliphatic heterocycles. The molecular weight excluding hydrogens is 438 g/mol. The van der Waals surface area contributed by atoms with Crippen LogP contribution in [0.25, 0.3) is 0 Å². The summed E-state index contributed by atoms with van der Waals surface area (Å²) in [5.41, 5.74) is 2.56. The molecule has 8 heteroatoms. The van der Waals surface area contributed by atoms with Crippen molar-refractivity contribution in [2.24, 2.45) is 0 Å². The molecule has 0 amide bonds. The van der Waals surface area contributed by atoms with Crippen LogP contribution in [0.1, 0.15) is 49.7 Å². The molecule has 4 N–H and O–H groups in total. The van der Waals surface area contributed by atoms with E-state index in [1.54, 1.807) is 6.20 Å². The molecule has 35 heavy (non-hydrogen) atoms. The van der Waals surface area contributed by atoms with Crippen LogP contribution >= 0.6 is 0 Å². The Morgan fingerprint density at radius 1 is 0.857 bits per heavy atom. The summed E-state index contributed by atoms with van der Waals surface area (Å²) in [7, 11) is 0. The first-order valence-corrected chi connectivity index (χ1v) is 13.5. The molecule has 2 aromatic rings. The third-order valence-corrected chi connectivity index (χ3v) is 6.86. The summed E-state index contributed by atoms with van der Waals surface area (Å²) < 4.78 is 5.40. The quantitative estimate of drug-likeness (QED) is 0.306. The van der Waals surface area contributed by atoms with Crippen LogP contribution in [0.4, 0.5) is 11.8 Å². The molecule has 2 heterocycles. The SMILES string of the molecule is c1cc(NCc2ccc(CNCCCNC3CCCCC3)cc2)nc(NCCN2CCOCC2)n1. The molecule has 1 aromatic heterocycles. The van der Waals surface area contributed by atoms with Gasteiger partial charge in [-0.25, -0.2) is 4.98 Å². The molecule has 0 spiro atoms. The second kappa shape index (κ2) is 15.0. The lowest BCUT2D eigenvalue weighted by molar-refractivity contribution is 0.0398. The van der Waals surface area contributed by atoms with Gasteiger partial charge in [0, 0.05) is 51.5 Å². The molecule has 4 rings (SSSR count). The minimum atomic E-state index is 0.665. The lowest BCUT2D eigenvalue weighted by Gasteiger charge is -2.26. The Balaban J connectivity index is 1.09. The predicted molar refractivity (Wildman–Crippen MR) is 143 cm³/mol.